The molecule has 0 aliphatic carbocycles. The molecule has 214 valence electrons. The average Bonchev–Trinajstić information content (AvgIpc) is 2.98. The molecular weight excluding hydrogens is 624 g/mol. The molecular formula is C31H25BrN2O7S. The first kappa shape index (κ1) is 29.0. The highest BCUT2D eigenvalue weighted by molar-refractivity contribution is 8.93. The van der Waals surface area contributed by atoms with Crippen LogP contribution >= 0.6 is 17.0 Å². The largest absolute Gasteiger partial charge is 0.486 e. The van der Waals surface area contributed by atoms with Crippen LogP contribution in [0.5, 0.6) is 11.5 Å². The van der Waals surface area contributed by atoms with Crippen LogP contribution in [0.25, 0.3) is 21.8 Å². The number of rotatable bonds is 7. The molecule has 0 bridgehead atoms. The van der Waals surface area contributed by atoms with E-state index >= 15 is 0 Å². The van der Waals surface area contributed by atoms with Gasteiger partial charge in [0.2, 0.25) is 0 Å². The highest BCUT2D eigenvalue weighted by Crippen LogP contribution is 2.38. The van der Waals surface area contributed by atoms with Crippen molar-refractivity contribution in [1.82, 2.24) is 4.98 Å². The lowest BCUT2D eigenvalue weighted by molar-refractivity contribution is -0.136. The van der Waals surface area contributed by atoms with Crippen LogP contribution in [-0.2, 0) is 21.2 Å². The predicted molar refractivity (Wildman–Crippen MR) is 163 cm³/mol. The molecule has 6 rings (SSSR count). The lowest BCUT2D eigenvalue weighted by atomic mass is 10.0. The van der Waals surface area contributed by atoms with Gasteiger partial charge in [0.1, 0.15) is 13.2 Å². The molecule has 1 aliphatic rings. The monoisotopic (exact) mass is 648 g/mol. The summed E-state index contributed by atoms with van der Waals surface area (Å²) in [6, 6.07) is 24.6. The first-order valence-corrected chi connectivity index (χ1v) is 14.3. The Morgan fingerprint density at radius 2 is 1.40 bits per heavy atom. The SMILES string of the molecule is Br.O=C(O)CCc1ccc(S(=O)(=O)N(C(=O)c2c3ccccc3nc3ccccc23)c2ccc3c(c2)OCCO3)cc1. The lowest BCUT2D eigenvalue weighted by Crippen LogP contribution is -2.37. The number of sulfonamides is 1. The molecule has 0 saturated carbocycles. The third-order valence-corrected chi connectivity index (χ3v) is 8.56. The summed E-state index contributed by atoms with van der Waals surface area (Å²) < 4.78 is 40.7. The van der Waals surface area contributed by atoms with Crippen LogP contribution in [0.1, 0.15) is 22.3 Å². The number of halogens is 1. The third kappa shape index (κ3) is 5.40. The maximum atomic E-state index is 14.6. The van der Waals surface area contributed by atoms with Crippen LogP contribution < -0.4 is 13.8 Å². The Bertz CT molecular complexity index is 1870. The Balaban J connectivity index is 0.00000353. The van der Waals surface area contributed by atoms with E-state index in [1.807, 2.05) is 0 Å². The lowest BCUT2D eigenvalue weighted by Gasteiger charge is -2.26. The molecule has 42 heavy (non-hydrogen) atoms. The van der Waals surface area contributed by atoms with Gasteiger partial charge >= 0.3 is 5.97 Å². The first-order valence-electron chi connectivity index (χ1n) is 12.9. The molecule has 1 N–H and O–H groups in total. The summed E-state index contributed by atoms with van der Waals surface area (Å²) in [6.45, 7) is 0.644. The molecule has 1 aromatic heterocycles. The van der Waals surface area contributed by atoms with Crippen LogP contribution in [0.2, 0.25) is 0 Å². The first-order chi connectivity index (χ1) is 19.8. The number of carbonyl (C=O) groups is 2. The maximum absolute atomic E-state index is 14.6. The number of aromatic nitrogens is 1. The zero-order chi connectivity index (χ0) is 28.6. The minimum atomic E-state index is -4.46. The normalized spacial score (nSPS) is 12.5. The summed E-state index contributed by atoms with van der Waals surface area (Å²) >= 11 is 0. The van der Waals surface area contributed by atoms with Crippen LogP contribution in [0.15, 0.2) is 95.9 Å². The topological polar surface area (TPSA) is 123 Å². The third-order valence-electron chi connectivity index (χ3n) is 6.84. The molecule has 4 aromatic carbocycles. The van der Waals surface area contributed by atoms with Gasteiger partial charge in [0.15, 0.2) is 11.5 Å². The number of carboxylic acid groups (broad SMARTS) is 1. The summed E-state index contributed by atoms with van der Waals surface area (Å²) in [7, 11) is -4.46. The van der Waals surface area contributed by atoms with E-state index in [4.69, 9.17) is 14.6 Å². The van der Waals surface area contributed by atoms with Gasteiger partial charge in [-0.25, -0.2) is 13.4 Å². The van der Waals surface area contributed by atoms with E-state index in [-0.39, 0.29) is 52.6 Å². The highest BCUT2D eigenvalue weighted by atomic mass is 79.9. The second-order valence-electron chi connectivity index (χ2n) is 9.46. The average molecular weight is 650 g/mol. The van der Waals surface area contributed by atoms with Crippen molar-refractivity contribution in [3.05, 3.63) is 102 Å². The number of fused-ring (bicyclic) bond motifs is 3. The fourth-order valence-corrected chi connectivity index (χ4v) is 6.27. The van der Waals surface area contributed by atoms with E-state index in [9.17, 15) is 18.0 Å². The number of pyridine rings is 1. The van der Waals surface area contributed by atoms with E-state index in [0.29, 0.717) is 45.5 Å². The van der Waals surface area contributed by atoms with Crippen molar-refractivity contribution in [2.45, 2.75) is 17.7 Å². The molecule has 0 atom stereocenters. The van der Waals surface area contributed by atoms with E-state index < -0.39 is 21.9 Å². The maximum Gasteiger partial charge on any atom is 0.303 e. The number of benzene rings is 4. The Hall–Kier alpha value is -4.48. The van der Waals surface area contributed by atoms with Crippen molar-refractivity contribution in [2.75, 3.05) is 17.5 Å². The summed E-state index contributed by atoms with van der Waals surface area (Å²) in [6.07, 6.45) is 0.158. The van der Waals surface area contributed by atoms with Crippen molar-refractivity contribution < 1.29 is 32.6 Å². The van der Waals surface area contributed by atoms with Crippen molar-refractivity contribution in [3.63, 3.8) is 0 Å². The number of hydrogen-bond acceptors (Lipinski definition) is 7. The van der Waals surface area contributed by atoms with Gasteiger partial charge in [0.25, 0.3) is 15.9 Å². The van der Waals surface area contributed by atoms with Crippen molar-refractivity contribution in [3.8, 4) is 11.5 Å². The fraction of sp³-hybridized carbons (Fsp3) is 0.129. The summed E-state index contributed by atoms with van der Waals surface area (Å²) in [5.41, 5.74) is 2.05. The van der Waals surface area contributed by atoms with Crippen LogP contribution in [0, 0.1) is 0 Å². The van der Waals surface area contributed by atoms with Crippen molar-refractivity contribution in [2.24, 2.45) is 0 Å². The zero-order valence-electron chi connectivity index (χ0n) is 22.1. The van der Waals surface area contributed by atoms with Gasteiger partial charge in [-0.15, -0.1) is 17.0 Å². The summed E-state index contributed by atoms with van der Waals surface area (Å²) in [5, 5.41) is 10.0. The molecule has 5 aromatic rings. The number of hydrogen-bond donors (Lipinski definition) is 1. The quantitative estimate of drug-likeness (QED) is 0.220. The number of carboxylic acids is 1. The molecule has 0 spiro atoms. The van der Waals surface area contributed by atoms with E-state index in [2.05, 4.69) is 4.98 Å². The zero-order valence-corrected chi connectivity index (χ0v) is 24.6. The smallest absolute Gasteiger partial charge is 0.303 e. The number of carbonyl (C=O) groups excluding carboxylic acids is 1. The fourth-order valence-electron chi connectivity index (χ4n) is 4.88. The van der Waals surface area contributed by atoms with Gasteiger partial charge in [-0.3, -0.25) is 9.59 Å². The number of amides is 1. The van der Waals surface area contributed by atoms with Crippen molar-refractivity contribution >= 4 is 66.4 Å². The number of para-hydroxylation sites is 2. The number of ether oxygens (including phenoxy) is 2. The molecule has 0 saturated heterocycles. The molecule has 1 amide bonds. The minimum Gasteiger partial charge on any atom is -0.486 e. The van der Waals surface area contributed by atoms with Gasteiger partial charge in [-0.05, 0) is 48.4 Å². The molecule has 9 nitrogen and oxygen atoms in total. The van der Waals surface area contributed by atoms with E-state index in [1.165, 1.54) is 24.3 Å². The number of nitrogens with zero attached hydrogens (tertiary/aromatic N) is 2. The van der Waals surface area contributed by atoms with E-state index in [1.54, 1.807) is 66.7 Å². The van der Waals surface area contributed by atoms with Gasteiger partial charge < -0.3 is 14.6 Å². The second kappa shape index (κ2) is 11.8. The van der Waals surface area contributed by atoms with Gasteiger partial charge in [0, 0.05) is 23.3 Å². The molecule has 0 fully saturated rings. The van der Waals surface area contributed by atoms with Crippen LogP contribution in [0.3, 0.4) is 0 Å². The van der Waals surface area contributed by atoms with Crippen molar-refractivity contribution in [1.29, 1.82) is 0 Å². The summed E-state index contributed by atoms with van der Waals surface area (Å²) in [5.74, 6) is -0.928. The second-order valence-corrected chi connectivity index (χ2v) is 11.2. The minimum absolute atomic E-state index is 0. The Kier molecular flexibility index (Phi) is 8.15. The molecule has 11 heteroatoms. The van der Waals surface area contributed by atoms with Gasteiger partial charge in [-0.1, -0.05) is 48.5 Å². The Labute approximate surface area is 252 Å². The molecule has 1 aliphatic heterocycles. The van der Waals surface area contributed by atoms with Crippen LogP contribution in [0.4, 0.5) is 5.69 Å². The van der Waals surface area contributed by atoms with Crippen LogP contribution in [-0.4, -0.2) is 43.6 Å². The standard InChI is InChI=1S/C31H24N2O7S.BrH/c34-29(35)16-11-20-9-13-22(14-10-20)41(37,38)33(21-12-15-27-28(19-21)40-18-17-39-27)31(36)30-23-5-1-3-7-25(23)32-26-8-4-2-6-24(26)30;/h1-10,12-15,19H,11,16-18H2,(H,34,35);1H. The summed E-state index contributed by atoms with van der Waals surface area (Å²) in [4.78, 5) is 30.1. The van der Waals surface area contributed by atoms with E-state index in [0.717, 1.165) is 4.31 Å². The molecule has 0 unspecified atom stereocenters. The Morgan fingerprint density at radius 3 is 2.02 bits per heavy atom. The number of anilines is 1. The number of aryl methyl sites for hydroxylation is 1. The van der Waals surface area contributed by atoms with Gasteiger partial charge in [-0.2, -0.15) is 4.31 Å². The molecule has 2 heterocycles. The number of aliphatic carboxylic acids is 1. The predicted octanol–water partition coefficient (Wildman–Crippen LogP) is 5.79. The Morgan fingerprint density at radius 1 is 0.810 bits per heavy atom. The van der Waals surface area contributed by atoms with Gasteiger partial charge in [0.05, 0.1) is 27.2 Å². The molecule has 0 radical (unpaired) electrons. The highest BCUT2D eigenvalue weighted by Gasteiger charge is 2.35.